The van der Waals surface area contributed by atoms with Crippen molar-refractivity contribution in [2.45, 2.75) is 18.2 Å². The van der Waals surface area contributed by atoms with Crippen LogP contribution >= 0.6 is 0 Å². The maximum Gasteiger partial charge on any atom is 0.318 e. The van der Waals surface area contributed by atoms with Crippen LogP contribution in [0.4, 0.5) is 0 Å². The maximum absolute atomic E-state index is 12.5. The molecule has 1 aromatic carbocycles. The summed E-state index contributed by atoms with van der Waals surface area (Å²) in [6, 6.07) is 6.29. The zero-order chi connectivity index (χ0) is 16.4. The molecule has 0 radical (unpaired) electrons. The van der Waals surface area contributed by atoms with Crippen molar-refractivity contribution in [3.8, 4) is 0 Å². The SMILES string of the molecule is Cc1ccccc1S(=O)(=O)ON1C(=O)C2C3C=CC(C3)C2C1=O. The van der Waals surface area contributed by atoms with E-state index in [1.54, 1.807) is 25.1 Å². The molecule has 1 heterocycles. The van der Waals surface area contributed by atoms with Crippen molar-refractivity contribution >= 4 is 21.9 Å². The highest BCUT2D eigenvalue weighted by Crippen LogP contribution is 2.52. The van der Waals surface area contributed by atoms with Gasteiger partial charge in [0.2, 0.25) is 0 Å². The van der Waals surface area contributed by atoms with Gasteiger partial charge < -0.3 is 0 Å². The van der Waals surface area contributed by atoms with E-state index in [9.17, 15) is 18.0 Å². The molecular formula is C16H15NO5S. The van der Waals surface area contributed by atoms with Crippen LogP contribution in [0.15, 0.2) is 41.3 Å². The van der Waals surface area contributed by atoms with E-state index >= 15 is 0 Å². The fraction of sp³-hybridized carbons (Fsp3) is 0.375. The van der Waals surface area contributed by atoms with Crippen LogP contribution < -0.4 is 0 Å². The van der Waals surface area contributed by atoms with Crippen LogP contribution in [0.3, 0.4) is 0 Å². The molecule has 1 aliphatic heterocycles. The Balaban J connectivity index is 1.64. The van der Waals surface area contributed by atoms with Crippen molar-refractivity contribution in [3.05, 3.63) is 42.0 Å². The molecule has 2 fully saturated rings. The summed E-state index contributed by atoms with van der Waals surface area (Å²) in [5.74, 6) is -2.04. The van der Waals surface area contributed by atoms with E-state index in [1.807, 2.05) is 12.2 Å². The predicted octanol–water partition coefficient (Wildman–Crippen LogP) is 1.42. The third-order valence-corrected chi connectivity index (χ3v) is 6.31. The number of allylic oxidation sites excluding steroid dienone is 2. The molecule has 2 amide bonds. The molecule has 1 saturated carbocycles. The fourth-order valence-corrected chi connectivity index (χ4v) is 5.05. The summed E-state index contributed by atoms with van der Waals surface area (Å²) < 4.78 is 29.8. The number of carbonyl (C=O) groups excluding carboxylic acids is 2. The standard InChI is InChI=1S/C16H15NO5S/c1-9-4-2-3-5-12(9)23(20,21)22-17-15(18)13-10-6-7-11(8-10)14(13)16(17)19/h2-7,10-11,13-14H,8H2,1H3. The van der Waals surface area contributed by atoms with Crippen LogP contribution in [0.1, 0.15) is 12.0 Å². The van der Waals surface area contributed by atoms with Crippen molar-refractivity contribution < 1.29 is 22.3 Å². The Morgan fingerprint density at radius 2 is 1.61 bits per heavy atom. The lowest BCUT2D eigenvalue weighted by atomic mass is 9.85. The minimum Gasteiger partial charge on any atom is -0.272 e. The first-order valence-corrected chi connectivity index (χ1v) is 8.87. The number of hydroxylamine groups is 2. The number of rotatable bonds is 3. The number of amides is 2. The van der Waals surface area contributed by atoms with Gasteiger partial charge in [0, 0.05) is 0 Å². The van der Waals surface area contributed by atoms with Gasteiger partial charge in [-0.2, -0.15) is 8.42 Å². The highest BCUT2D eigenvalue weighted by Gasteiger charge is 2.60. The van der Waals surface area contributed by atoms with Gasteiger partial charge in [-0.3, -0.25) is 9.59 Å². The van der Waals surface area contributed by atoms with Gasteiger partial charge in [0.1, 0.15) is 0 Å². The van der Waals surface area contributed by atoms with Crippen molar-refractivity contribution in [2.24, 2.45) is 23.7 Å². The van der Waals surface area contributed by atoms with Gasteiger partial charge in [0.25, 0.3) is 11.8 Å². The average Bonchev–Trinajstić information content (AvgIpc) is 3.17. The average molecular weight is 333 g/mol. The molecule has 1 saturated heterocycles. The quantitative estimate of drug-likeness (QED) is 0.617. The molecule has 0 spiro atoms. The van der Waals surface area contributed by atoms with E-state index in [2.05, 4.69) is 0 Å². The highest BCUT2D eigenvalue weighted by atomic mass is 32.2. The second-order valence-corrected chi connectivity index (χ2v) is 7.76. The smallest absolute Gasteiger partial charge is 0.272 e. The van der Waals surface area contributed by atoms with E-state index in [0.29, 0.717) is 10.6 Å². The molecule has 6 nitrogen and oxygen atoms in total. The second kappa shape index (κ2) is 4.75. The van der Waals surface area contributed by atoms with Crippen LogP contribution in [0.5, 0.6) is 0 Å². The topological polar surface area (TPSA) is 80.8 Å². The lowest BCUT2D eigenvalue weighted by Crippen LogP contribution is -2.35. The number of hydrogen-bond donors (Lipinski definition) is 0. The third-order valence-electron chi connectivity index (χ3n) is 4.97. The second-order valence-electron chi connectivity index (χ2n) is 6.26. The summed E-state index contributed by atoms with van der Waals surface area (Å²) in [6.45, 7) is 1.63. The number of carbonyl (C=O) groups is 2. The van der Waals surface area contributed by atoms with Crippen molar-refractivity contribution in [1.82, 2.24) is 5.06 Å². The first-order chi connectivity index (χ1) is 10.9. The fourth-order valence-electron chi connectivity index (χ4n) is 3.92. The molecule has 7 heteroatoms. The van der Waals surface area contributed by atoms with Crippen molar-refractivity contribution in [2.75, 3.05) is 0 Å². The Labute approximate surface area is 133 Å². The Kier molecular flexibility index (Phi) is 3.01. The van der Waals surface area contributed by atoms with E-state index in [4.69, 9.17) is 4.28 Å². The lowest BCUT2D eigenvalue weighted by molar-refractivity contribution is -0.166. The molecule has 120 valence electrons. The normalized spacial score (nSPS) is 32.0. The summed E-state index contributed by atoms with van der Waals surface area (Å²) in [6.07, 6.45) is 4.66. The van der Waals surface area contributed by atoms with Gasteiger partial charge in [0.15, 0.2) is 0 Å². The van der Waals surface area contributed by atoms with E-state index < -0.39 is 33.8 Å². The molecule has 4 atom stereocenters. The van der Waals surface area contributed by atoms with Gasteiger partial charge in [-0.25, -0.2) is 0 Å². The minimum atomic E-state index is -4.22. The molecule has 0 aromatic heterocycles. The number of imide groups is 1. The van der Waals surface area contributed by atoms with Crippen LogP contribution in [0.2, 0.25) is 0 Å². The Morgan fingerprint density at radius 3 is 2.17 bits per heavy atom. The molecule has 3 aliphatic rings. The molecule has 0 N–H and O–H groups in total. The van der Waals surface area contributed by atoms with Gasteiger partial charge in [0.05, 0.1) is 16.7 Å². The summed E-state index contributed by atoms with van der Waals surface area (Å²) in [4.78, 5) is 24.9. The zero-order valence-electron chi connectivity index (χ0n) is 12.4. The van der Waals surface area contributed by atoms with Crippen LogP contribution in [-0.2, 0) is 24.0 Å². The van der Waals surface area contributed by atoms with Crippen molar-refractivity contribution in [3.63, 3.8) is 0 Å². The number of fused-ring (bicyclic) bond motifs is 5. The number of benzene rings is 1. The number of hydrogen-bond acceptors (Lipinski definition) is 5. The van der Waals surface area contributed by atoms with E-state index in [0.717, 1.165) is 6.42 Å². The van der Waals surface area contributed by atoms with Crippen LogP contribution in [-0.4, -0.2) is 25.3 Å². The molecule has 4 rings (SSSR count). The van der Waals surface area contributed by atoms with Gasteiger partial charge >= 0.3 is 10.1 Å². The minimum absolute atomic E-state index is 0.0104. The van der Waals surface area contributed by atoms with Gasteiger partial charge in [-0.1, -0.05) is 30.4 Å². The van der Waals surface area contributed by atoms with Crippen LogP contribution in [0.25, 0.3) is 0 Å². The molecule has 1 aromatic rings. The molecule has 23 heavy (non-hydrogen) atoms. The third kappa shape index (κ3) is 2.00. The first kappa shape index (κ1) is 14.6. The monoisotopic (exact) mass is 333 g/mol. The van der Waals surface area contributed by atoms with Gasteiger partial charge in [-0.15, -0.1) is 9.35 Å². The Bertz CT molecular complexity index is 814. The number of aryl methyl sites for hydroxylation is 1. The predicted molar refractivity (Wildman–Crippen MR) is 79.0 cm³/mol. The first-order valence-electron chi connectivity index (χ1n) is 7.46. The molecule has 4 unspecified atom stereocenters. The lowest BCUT2D eigenvalue weighted by Gasteiger charge is -2.16. The molecular weight excluding hydrogens is 318 g/mol. The van der Waals surface area contributed by atoms with Crippen molar-refractivity contribution in [1.29, 1.82) is 0 Å². The Morgan fingerprint density at radius 1 is 1.04 bits per heavy atom. The molecule has 2 bridgehead atoms. The van der Waals surface area contributed by atoms with Crippen LogP contribution in [0, 0.1) is 30.6 Å². The largest absolute Gasteiger partial charge is 0.318 e. The summed E-state index contributed by atoms with van der Waals surface area (Å²) in [5, 5.41) is 0.462. The van der Waals surface area contributed by atoms with E-state index in [-0.39, 0.29) is 16.7 Å². The summed E-state index contributed by atoms with van der Waals surface area (Å²) in [5.41, 5.74) is 0.494. The summed E-state index contributed by atoms with van der Waals surface area (Å²) in [7, 11) is -4.22. The zero-order valence-corrected chi connectivity index (χ0v) is 13.2. The highest BCUT2D eigenvalue weighted by molar-refractivity contribution is 7.86. The Hall–Kier alpha value is -1.99. The van der Waals surface area contributed by atoms with Gasteiger partial charge in [-0.05, 0) is 36.8 Å². The molecule has 2 aliphatic carbocycles. The number of nitrogens with zero attached hydrogens (tertiary/aromatic N) is 1. The summed E-state index contributed by atoms with van der Waals surface area (Å²) >= 11 is 0. The maximum atomic E-state index is 12.5. The van der Waals surface area contributed by atoms with E-state index in [1.165, 1.54) is 6.07 Å².